The first kappa shape index (κ1) is 11.2. The van der Waals surface area contributed by atoms with Crippen LogP contribution in [-0.2, 0) is 13.0 Å². The second-order valence-electron chi connectivity index (χ2n) is 3.76. The maximum Gasteiger partial charge on any atom is 0.203 e. The van der Waals surface area contributed by atoms with Crippen LogP contribution in [0.4, 0.5) is 5.95 Å². The third-order valence-corrected chi connectivity index (χ3v) is 3.35. The molecule has 0 unspecified atom stereocenters. The van der Waals surface area contributed by atoms with Gasteiger partial charge in [0.15, 0.2) is 0 Å². The number of anilines is 1. The first-order valence-corrected chi connectivity index (χ1v) is 6.47. The summed E-state index contributed by atoms with van der Waals surface area (Å²) < 4.78 is 2.19. The van der Waals surface area contributed by atoms with Crippen molar-refractivity contribution in [2.45, 2.75) is 26.8 Å². The first-order chi connectivity index (χ1) is 7.79. The Balaban J connectivity index is 2.02. The van der Waals surface area contributed by atoms with Gasteiger partial charge >= 0.3 is 0 Å². The van der Waals surface area contributed by atoms with Crippen LogP contribution in [0.25, 0.3) is 0 Å². The monoisotopic (exact) mass is 235 g/mol. The van der Waals surface area contributed by atoms with E-state index in [1.807, 2.05) is 18.3 Å². The number of hydrogen-bond acceptors (Lipinski definition) is 3. The Morgan fingerprint density at radius 2 is 2.38 bits per heavy atom. The minimum Gasteiger partial charge on any atom is -0.356 e. The van der Waals surface area contributed by atoms with Crippen LogP contribution in [0, 0.1) is 6.92 Å². The van der Waals surface area contributed by atoms with E-state index in [9.17, 15) is 0 Å². The summed E-state index contributed by atoms with van der Waals surface area (Å²) in [6, 6.07) is 4.28. The van der Waals surface area contributed by atoms with E-state index >= 15 is 0 Å². The fourth-order valence-corrected chi connectivity index (χ4v) is 2.40. The molecular formula is C12H17N3S. The number of hydrogen-bond donors (Lipinski definition) is 1. The van der Waals surface area contributed by atoms with Crippen molar-refractivity contribution in [2.75, 3.05) is 11.9 Å². The molecule has 86 valence electrons. The molecule has 2 rings (SSSR count). The first-order valence-electron chi connectivity index (χ1n) is 5.59. The lowest BCUT2D eigenvalue weighted by Crippen LogP contribution is -2.07. The highest BCUT2D eigenvalue weighted by atomic mass is 32.1. The molecule has 16 heavy (non-hydrogen) atoms. The van der Waals surface area contributed by atoms with Crippen molar-refractivity contribution >= 4 is 17.3 Å². The minimum atomic E-state index is 0.912. The number of rotatable bonds is 5. The summed E-state index contributed by atoms with van der Waals surface area (Å²) in [6.07, 6.45) is 3.18. The Morgan fingerprint density at radius 1 is 1.50 bits per heavy atom. The lowest BCUT2D eigenvalue weighted by Gasteiger charge is -2.07. The number of imidazole rings is 1. The highest BCUT2D eigenvalue weighted by Gasteiger charge is 2.04. The second kappa shape index (κ2) is 5.16. The topological polar surface area (TPSA) is 29.9 Å². The van der Waals surface area contributed by atoms with Gasteiger partial charge in [0.1, 0.15) is 0 Å². The minimum absolute atomic E-state index is 0.912. The van der Waals surface area contributed by atoms with E-state index in [2.05, 4.69) is 45.5 Å². The van der Waals surface area contributed by atoms with Gasteiger partial charge in [-0.2, -0.15) is 0 Å². The van der Waals surface area contributed by atoms with Gasteiger partial charge in [0.25, 0.3) is 0 Å². The third kappa shape index (κ3) is 2.64. The number of aryl methyl sites for hydroxylation is 3. The van der Waals surface area contributed by atoms with E-state index < -0.39 is 0 Å². The maximum atomic E-state index is 4.46. The van der Waals surface area contributed by atoms with Crippen LogP contribution in [0.5, 0.6) is 0 Å². The molecule has 0 amide bonds. The van der Waals surface area contributed by atoms with Crippen LogP contribution < -0.4 is 5.32 Å². The van der Waals surface area contributed by atoms with Gasteiger partial charge in [-0.15, -0.1) is 11.3 Å². The molecule has 0 aromatic carbocycles. The highest BCUT2D eigenvalue weighted by Crippen LogP contribution is 2.13. The van der Waals surface area contributed by atoms with Crippen molar-refractivity contribution in [3.8, 4) is 0 Å². The van der Waals surface area contributed by atoms with Crippen molar-refractivity contribution in [2.24, 2.45) is 0 Å². The van der Waals surface area contributed by atoms with Gasteiger partial charge in [0, 0.05) is 24.2 Å². The number of thiophene rings is 1. The van der Waals surface area contributed by atoms with E-state index in [4.69, 9.17) is 0 Å². The Hall–Kier alpha value is -1.29. The van der Waals surface area contributed by atoms with E-state index in [0.717, 1.165) is 31.2 Å². The number of nitrogens with zero attached hydrogens (tertiary/aromatic N) is 2. The second-order valence-corrected chi connectivity index (χ2v) is 4.79. The highest BCUT2D eigenvalue weighted by molar-refractivity contribution is 7.09. The van der Waals surface area contributed by atoms with E-state index in [1.165, 1.54) is 4.88 Å². The fourth-order valence-electron chi connectivity index (χ4n) is 1.70. The molecule has 1 N–H and O–H groups in total. The van der Waals surface area contributed by atoms with E-state index in [1.54, 1.807) is 0 Å². The molecule has 0 bridgehead atoms. The van der Waals surface area contributed by atoms with Crippen molar-refractivity contribution in [3.05, 3.63) is 34.3 Å². The Bertz CT molecular complexity index is 431. The van der Waals surface area contributed by atoms with Crippen molar-refractivity contribution in [1.29, 1.82) is 0 Å². The van der Waals surface area contributed by atoms with Gasteiger partial charge < -0.3 is 9.88 Å². The zero-order chi connectivity index (χ0) is 11.4. The van der Waals surface area contributed by atoms with Gasteiger partial charge in [0.2, 0.25) is 5.95 Å². The Morgan fingerprint density at radius 3 is 3.06 bits per heavy atom. The van der Waals surface area contributed by atoms with Gasteiger partial charge in [-0.1, -0.05) is 6.07 Å². The lowest BCUT2D eigenvalue weighted by atomic mass is 10.3. The molecule has 0 aliphatic heterocycles. The summed E-state index contributed by atoms with van der Waals surface area (Å²) in [7, 11) is 0. The largest absolute Gasteiger partial charge is 0.356 e. The molecule has 2 aromatic heterocycles. The number of nitrogens with one attached hydrogen (secondary N) is 1. The molecule has 3 nitrogen and oxygen atoms in total. The molecule has 4 heteroatoms. The summed E-state index contributed by atoms with van der Waals surface area (Å²) in [5, 5.41) is 5.41. The summed E-state index contributed by atoms with van der Waals surface area (Å²) in [6.45, 7) is 6.02. The Kier molecular flexibility index (Phi) is 3.62. The summed E-state index contributed by atoms with van der Waals surface area (Å²) in [5.41, 5.74) is 1.07. The quantitative estimate of drug-likeness (QED) is 0.863. The standard InChI is InChI=1S/C12H17N3S/c1-3-13-12-14-10(2)9-15(12)7-6-11-5-4-8-16-11/h4-5,8-9H,3,6-7H2,1-2H3,(H,13,14). The normalized spacial score (nSPS) is 10.6. The molecule has 0 radical (unpaired) electrons. The number of aromatic nitrogens is 2. The molecule has 0 fully saturated rings. The molecule has 2 heterocycles. The molecule has 0 saturated heterocycles. The van der Waals surface area contributed by atoms with E-state index in [0.29, 0.717) is 0 Å². The average Bonchev–Trinajstić information content (AvgIpc) is 2.86. The van der Waals surface area contributed by atoms with Gasteiger partial charge in [-0.05, 0) is 31.7 Å². The van der Waals surface area contributed by atoms with Crippen LogP contribution in [0.2, 0.25) is 0 Å². The predicted molar refractivity (Wildman–Crippen MR) is 69.2 cm³/mol. The molecule has 0 saturated carbocycles. The average molecular weight is 235 g/mol. The lowest BCUT2D eigenvalue weighted by molar-refractivity contribution is 0.706. The zero-order valence-corrected chi connectivity index (χ0v) is 10.5. The maximum absolute atomic E-state index is 4.46. The van der Waals surface area contributed by atoms with Crippen LogP contribution in [0.15, 0.2) is 23.7 Å². The molecule has 0 aliphatic rings. The molecular weight excluding hydrogens is 218 g/mol. The molecule has 0 aliphatic carbocycles. The summed E-state index contributed by atoms with van der Waals surface area (Å²) >= 11 is 1.81. The van der Waals surface area contributed by atoms with Crippen molar-refractivity contribution < 1.29 is 0 Å². The van der Waals surface area contributed by atoms with Crippen LogP contribution in [-0.4, -0.2) is 16.1 Å². The zero-order valence-electron chi connectivity index (χ0n) is 9.73. The van der Waals surface area contributed by atoms with Crippen LogP contribution >= 0.6 is 11.3 Å². The van der Waals surface area contributed by atoms with Crippen molar-refractivity contribution in [3.63, 3.8) is 0 Å². The van der Waals surface area contributed by atoms with Crippen molar-refractivity contribution in [1.82, 2.24) is 9.55 Å². The molecule has 0 atom stereocenters. The van der Waals surface area contributed by atoms with Gasteiger partial charge in [0.05, 0.1) is 5.69 Å². The fraction of sp³-hybridized carbons (Fsp3) is 0.417. The van der Waals surface area contributed by atoms with Crippen LogP contribution in [0.3, 0.4) is 0 Å². The van der Waals surface area contributed by atoms with Crippen LogP contribution in [0.1, 0.15) is 17.5 Å². The molecule has 2 aromatic rings. The smallest absolute Gasteiger partial charge is 0.203 e. The summed E-state index contributed by atoms with van der Waals surface area (Å²) in [5.74, 6) is 0.983. The third-order valence-electron chi connectivity index (χ3n) is 2.41. The molecule has 0 spiro atoms. The van der Waals surface area contributed by atoms with Gasteiger partial charge in [-0.3, -0.25) is 0 Å². The Labute approximate surface area is 100 Å². The van der Waals surface area contributed by atoms with Gasteiger partial charge in [-0.25, -0.2) is 4.98 Å². The predicted octanol–water partition coefficient (Wildman–Crippen LogP) is 2.93. The summed E-state index contributed by atoms with van der Waals surface area (Å²) in [4.78, 5) is 5.88. The van der Waals surface area contributed by atoms with E-state index in [-0.39, 0.29) is 0 Å². The SMILES string of the molecule is CCNc1nc(C)cn1CCc1cccs1.